The molecular weight excluding hydrogens is 446 g/mol. The van der Waals surface area contributed by atoms with Crippen molar-refractivity contribution in [2.45, 2.75) is 51.7 Å². The van der Waals surface area contributed by atoms with Gasteiger partial charge in [0.1, 0.15) is 5.60 Å². The van der Waals surface area contributed by atoms with E-state index in [0.717, 1.165) is 25.9 Å². The summed E-state index contributed by atoms with van der Waals surface area (Å²) < 4.78 is 43.6. The molecule has 1 N–H and O–H groups in total. The summed E-state index contributed by atoms with van der Waals surface area (Å²) in [5.74, 6) is -0.256. The Labute approximate surface area is 205 Å². The Kier molecular flexibility index (Phi) is 19.7. The molecule has 0 spiro atoms. The molecule has 0 aromatic heterocycles. The maximum Gasteiger partial charge on any atom is 0.308 e. The fourth-order valence-corrected chi connectivity index (χ4v) is 2.99. The number of nitrogens with one attached hydrogen (secondary N) is 1. The van der Waals surface area contributed by atoms with Crippen LogP contribution in [-0.2, 0) is 42.7 Å². The Morgan fingerprint density at radius 2 is 1.03 bits per heavy atom. The van der Waals surface area contributed by atoms with Crippen LogP contribution in [0.5, 0.6) is 0 Å². The van der Waals surface area contributed by atoms with Gasteiger partial charge in [-0.25, -0.2) is 0 Å². The van der Waals surface area contributed by atoms with Crippen molar-refractivity contribution in [1.29, 1.82) is 0 Å². The first-order valence-corrected chi connectivity index (χ1v) is 12.5. The molecule has 0 aromatic carbocycles. The van der Waals surface area contributed by atoms with Gasteiger partial charge < -0.3 is 43.2 Å². The van der Waals surface area contributed by atoms with Gasteiger partial charge in [0, 0.05) is 0 Å². The van der Waals surface area contributed by atoms with Gasteiger partial charge in [0.05, 0.1) is 98.4 Å². The van der Waals surface area contributed by atoms with Crippen molar-refractivity contribution in [3.05, 3.63) is 0 Å². The zero-order valence-corrected chi connectivity index (χ0v) is 21.5. The second kappa shape index (κ2) is 21.4. The van der Waals surface area contributed by atoms with Gasteiger partial charge in [-0.3, -0.25) is 4.79 Å². The van der Waals surface area contributed by atoms with Gasteiger partial charge in [0.25, 0.3) is 0 Å². The van der Waals surface area contributed by atoms with Crippen LogP contribution >= 0.6 is 0 Å². The third-order valence-electron chi connectivity index (χ3n) is 4.60. The highest BCUT2D eigenvalue weighted by molar-refractivity contribution is 5.69. The fourth-order valence-electron chi connectivity index (χ4n) is 2.99. The highest BCUT2D eigenvalue weighted by Crippen LogP contribution is 2.08. The molecule has 10 nitrogen and oxygen atoms in total. The topological polar surface area (TPSA) is 103 Å². The molecule has 0 atom stereocenters. The van der Waals surface area contributed by atoms with Crippen molar-refractivity contribution >= 4 is 5.97 Å². The maximum atomic E-state index is 11.5. The minimum absolute atomic E-state index is 0.243. The first-order valence-electron chi connectivity index (χ1n) is 12.5. The number of carbonyl (C=O) groups is 1. The highest BCUT2D eigenvalue weighted by atomic mass is 16.6. The zero-order valence-electron chi connectivity index (χ0n) is 21.5. The van der Waals surface area contributed by atoms with Crippen LogP contribution < -0.4 is 5.32 Å². The number of carbonyl (C=O) groups excluding carboxylic acids is 1. The molecule has 10 heteroatoms. The highest BCUT2D eigenvalue weighted by Gasteiger charge is 2.15. The Hall–Kier alpha value is -0.850. The van der Waals surface area contributed by atoms with Crippen molar-refractivity contribution in [2.24, 2.45) is 0 Å². The van der Waals surface area contributed by atoms with E-state index >= 15 is 0 Å². The van der Waals surface area contributed by atoms with Crippen LogP contribution in [-0.4, -0.2) is 117 Å². The molecule has 1 aliphatic heterocycles. The summed E-state index contributed by atoms with van der Waals surface area (Å²) in [6.45, 7) is 14.3. The quantitative estimate of drug-likeness (QED) is 0.177. The Morgan fingerprint density at radius 1 is 0.647 bits per heavy atom. The number of piperidine rings is 1. The van der Waals surface area contributed by atoms with Crippen LogP contribution in [0.15, 0.2) is 0 Å². The van der Waals surface area contributed by atoms with Crippen LogP contribution in [0.4, 0.5) is 0 Å². The second-order valence-corrected chi connectivity index (χ2v) is 8.83. The van der Waals surface area contributed by atoms with Gasteiger partial charge in [-0.1, -0.05) is 0 Å². The van der Waals surface area contributed by atoms with E-state index in [1.807, 2.05) is 20.8 Å². The van der Waals surface area contributed by atoms with Gasteiger partial charge in [0.2, 0.25) is 0 Å². The minimum Gasteiger partial charge on any atom is -0.460 e. The zero-order chi connectivity index (χ0) is 24.7. The lowest BCUT2D eigenvalue weighted by Crippen LogP contribution is -2.33. The minimum atomic E-state index is -0.462. The summed E-state index contributed by atoms with van der Waals surface area (Å²) in [4.78, 5) is 11.5. The molecule has 0 radical (unpaired) electrons. The van der Waals surface area contributed by atoms with Gasteiger partial charge in [-0.15, -0.1) is 0 Å². The first kappa shape index (κ1) is 31.2. The molecule has 0 saturated carbocycles. The standard InChI is InChI=1S/C24H47NO9/c1-24(2,3)34-23(26)6-9-27-10-11-28-12-13-29-14-15-30-16-17-31-18-19-32-20-21-33-22-4-7-25-8-5-22/h22,25H,4-21H2,1-3H3. The predicted molar refractivity (Wildman–Crippen MR) is 127 cm³/mol. The molecule has 0 bridgehead atoms. The summed E-state index contributed by atoms with van der Waals surface area (Å²) in [6, 6.07) is 0. The molecule has 1 heterocycles. The lowest BCUT2D eigenvalue weighted by molar-refractivity contribution is -0.156. The molecule has 1 saturated heterocycles. The van der Waals surface area contributed by atoms with Crippen molar-refractivity contribution in [3.8, 4) is 0 Å². The fraction of sp³-hybridized carbons (Fsp3) is 0.958. The second-order valence-electron chi connectivity index (χ2n) is 8.83. The molecule has 34 heavy (non-hydrogen) atoms. The Morgan fingerprint density at radius 3 is 1.44 bits per heavy atom. The normalized spacial score (nSPS) is 15.0. The molecule has 1 rings (SSSR count). The number of esters is 1. The molecule has 0 aliphatic carbocycles. The van der Waals surface area contributed by atoms with E-state index in [9.17, 15) is 4.79 Å². The predicted octanol–water partition coefficient (Wildman–Crippen LogP) is 1.59. The number of hydrogen-bond acceptors (Lipinski definition) is 10. The van der Waals surface area contributed by atoms with Crippen LogP contribution in [0.2, 0.25) is 0 Å². The molecule has 0 amide bonds. The molecular formula is C24H47NO9. The van der Waals surface area contributed by atoms with Gasteiger partial charge >= 0.3 is 5.97 Å². The van der Waals surface area contributed by atoms with Crippen molar-refractivity contribution in [3.63, 3.8) is 0 Å². The van der Waals surface area contributed by atoms with Gasteiger partial charge in [-0.05, 0) is 46.7 Å². The number of hydrogen-bond donors (Lipinski definition) is 1. The van der Waals surface area contributed by atoms with Crippen molar-refractivity contribution in [2.75, 3.05) is 99.0 Å². The molecule has 1 fully saturated rings. The summed E-state index contributed by atoms with van der Waals surface area (Å²) >= 11 is 0. The summed E-state index contributed by atoms with van der Waals surface area (Å²) in [5, 5.41) is 3.32. The molecule has 202 valence electrons. The van der Waals surface area contributed by atoms with Gasteiger partial charge in [-0.2, -0.15) is 0 Å². The average Bonchev–Trinajstić information content (AvgIpc) is 2.79. The van der Waals surface area contributed by atoms with E-state index < -0.39 is 5.60 Å². The maximum absolute atomic E-state index is 11.5. The number of ether oxygens (including phenoxy) is 8. The largest absolute Gasteiger partial charge is 0.460 e. The van der Waals surface area contributed by atoms with E-state index in [4.69, 9.17) is 37.9 Å². The molecule has 0 aromatic rings. The third-order valence-corrected chi connectivity index (χ3v) is 4.60. The van der Waals surface area contributed by atoms with E-state index in [2.05, 4.69) is 5.32 Å². The monoisotopic (exact) mass is 493 g/mol. The van der Waals surface area contributed by atoms with E-state index in [1.54, 1.807) is 0 Å². The average molecular weight is 494 g/mol. The van der Waals surface area contributed by atoms with Crippen molar-refractivity contribution < 1.29 is 42.7 Å². The van der Waals surface area contributed by atoms with E-state index in [1.165, 1.54) is 0 Å². The van der Waals surface area contributed by atoms with Crippen LogP contribution in [0.25, 0.3) is 0 Å². The smallest absolute Gasteiger partial charge is 0.308 e. The number of rotatable bonds is 22. The summed E-state index contributed by atoms with van der Waals surface area (Å²) in [6.07, 6.45) is 2.78. The van der Waals surface area contributed by atoms with Crippen LogP contribution in [0, 0.1) is 0 Å². The van der Waals surface area contributed by atoms with Crippen LogP contribution in [0.3, 0.4) is 0 Å². The van der Waals surface area contributed by atoms with E-state index in [-0.39, 0.29) is 12.4 Å². The Bertz CT molecular complexity index is 468. The van der Waals surface area contributed by atoms with Crippen molar-refractivity contribution in [1.82, 2.24) is 5.32 Å². The Balaban J connectivity index is 1.67. The SMILES string of the molecule is CC(C)(C)OC(=O)CCOCCOCCOCCOCCOCCOCCOC1CCNCC1. The van der Waals surface area contributed by atoms with Gasteiger partial charge in [0.15, 0.2) is 0 Å². The lowest BCUT2D eigenvalue weighted by Gasteiger charge is -2.22. The first-order chi connectivity index (χ1) is 16.5. The van der Waals surface area contributed by atoms with E-state index in [0.29, 0.717) is 92.0 Å². The van der Waals surface area contributed by atoms with Crippen LogP contribution in [0.1, 0.15) is 40.0 Å². The third kappa shape index (κ3) is 21.7. The lowest BCUT2D eigenvalue weighted by atomic mass is 10.1. The molecule has 0 unspecified atom stereocenters. The summed E-state index contributed by atoms with van der Waals surface area (Å²) in [7, 11) is 0. The summed E-state index contributed by atoms with van der Waals surface area (Å²) in [5.41, 5.74) is -0.462. The molecule has 1 aliphatic rings.